The summed E-state index contributed by atoms with van der Waals surface area (Å²) in [6.07, 6.45) is -0.352. The van der Waals surface area contributed by atoms with Crippen LogP contribution in [0.5, 0.6) is 0 Å². The van der Waals surface area contributed by atoms with Gasteiger partial charge >= 0.3 is 0 Å². The second kappa shape index (κ2) is 2.25. The molecule has 0 amide bonds. The number of aliphatic hydroxyl groups excluding tert-OH is 1. The minimum atomic E-state index is -0.621. The van der Waals surface area contributed by atoms with E-state index in [1.54, 1.807) is 13.8 Å². The number of hydrogen-bond donors (Lipinski definition) is 1. The molecule has 0 saturated carbocycles. The van der Waals surface area contributed by atoms with Crippen molar-refractivity contribution in [2.24, 2.45) is 0 Å². The molecule has 1 atom stereocenters. The zero-order valence-electron chi connectivity index (χ0n) is 6.26. The molecule has 0 aliphatic carbocycles. The van der Waals surface area contributed by atoms with Gasteiger partial charge in [0.05, 0.1) is 6.61 Å². The lowest BCUT2D eigenvalue weighted by Gasteiger charge is -2.15. The number of aliphatic hydroxyl groups is 1. The quantitative estimate of drug-likeness (QED) is 0.587. The number of rotatable bonds is 1. The molecule has 0 radical (unpaired) electrons. The third-order valence-corrected chi connectivity index (χ3v) is 1.33. The van der Waals surface area contributed by atoms with Crippen LogP contribution in [0.4, 0.5) is 0 Å². The highest BCUT2D eigenvalue weighted by Crippen LogP contribution is 2.28. The molecule has 0 spiro atoms. The minimum Gasteiger partial charge on any atom is -0.465 e. The van der Waals surface area contributed by atoms with Crippen LogP contribution < -0.4 is 0 Å². The van der Waals surface area contributed by atoms with Crippen molar-refractivity contribution < 1.29 is 14.6 Å². The summed E-state index contributed by atoms with van der Waals surface area (Å²) in [5, 5.41) is 8.70. The standard InChI is InChI=1S/C7H12O3/c1-5-6(4-8)10-7(2,3)9-5/h6,8H,1,4H2,2-3H3. The maximum absolute atomic E-state index is 8.70. The Morgan fingerprint density at radius 3 is 2.50 bits per heavy atom. The van der Waals surface area contributed by atoms with E-state index in [0.29, 0.717) is 5.76 Å². The van der Waals surface area contributed by atoms with Gasteiger partial charge in [-0.2, -0.15) is 0 Å². The van der Waals surface area contributed by atoms with Crippen LogP contribution in [0.25, 0.3) is 0 Å². The van der Waals surface area contributed by atoms with Crippen molar-refractivity contribution in [3.05, 3.63) is 12.3 Å². The van der Waals surface area contributed by atoms with Crippen molar-refractivity contribution in [2.75, 3.05) is 6.61 Å². The Morgan fingerprint density at radius 1 is 1.70 bits per heavy atom. The lowest BCUT2D eigenvalue weighted by atomic mass is 10.3. The maximum atomic E-state index is 8.70. The van der Waals surface area contributed by atoms with E-state index < -0.39 is 5.79 Å². The first-order valence-corrected chi connectivity index (χ1v) is 3.21. The molecule has 0 aromatic carbocycles. The lowest BCUT2D eigenvalue weighted by molar-refractivity contribution is -0.138. The fourth-order valence-electron chi connectivity index (χ4n) is 0.953. The Labute approximate surface area is 60.3 Å². The third-order valence-electron chi connectivity index (χ3n) is 1.33. The molecule has 0 aromatic rings. The highest BCUT2D eigenvalue weighted by molar-refractivity contribution is 4.99. The smallest absolute Gasteiger partial charge is 0.205 e. The van der Waals surface area contributed by atoms with Gasteiger partial charge in [-0.25, -0.2) is 0 Å². The van der Waals surface area contributed by atoms with E-state index in [1.165, 1.54) is 0 Å². The first-order valence-electron chi connectivity index (χ1n) is 3.21. The molecule has 1 fully saturated rings. The summed E-state index contributed by atoms with van der Waals surface area (Å²) >= 11 is 0. The number of ether oxygens (including phenoxy) is 2. The third kappa shape index (κ3) is 1.30. The Kier molecular flexibility index (Phi) is 1.70. The van der Waals surface area contributed by atoms with Crippen LogP contribution in [-0.4, -0.2) is 23.6 Å². The van der Waals surface area contributed by atoms with Gasteiger partial charge in [0.1, 0.15) is 11.9 Å². The van der Waals surface area contributed by atoms with Crippen molar-refractivity contribution in [3.63, 3.8) is 0 Å². The zero-order chi connectivity index (χ0) is 7.78. The zero-order valence-corrected chi connectivity index (χ0v) is 6.26. The Bertz CT molecular complexity index is 151. The van der Waals surface area contributed by atoms with Gasteiger partial charge in [-0.15, -0.1) is 0 Å². The molecule has 1 heterocycles. The van der Waals surface area contributed by atoms with E-state index in [0.717, 1.165) is 0 Å². The second-order valence-electron chi connectivity index (χ2n) is 2.76. The first kappa shape index (κ1) is 7.57. The van der Waals surface area contributed by atoms with E-state index in [2.05, 4.69) is 6.58 Å². The predicted octanol–water partition coefficient (Wildman–Crippen LogP) is 0.644. The molecule has 3 heteroatoms. The van der Waals surface area contributed by atoms with Crippen molar-refractivity contribution in [2.45, 2.75) is 25.7 Å². The number of hydrogen-bond acceptors (Lipinski definition) is 3. The van der Waals surface area contributed by atoms with Crippen LogP contribution in [0.3, 0.4) is 0 Å². The molecular formula is C7H12O3. The van der Waals surface area contributed by atoms with Gasteiger partial charge < -0.3 is 14.6 Å². The second-order valence-corrected chi connectivity index (χ2v) is 2.76. The van der Waals surface area contributed by atoms with E-state index in [-0.39, 0.29) is 12.7 Å². The van der Waals surface area contributed by atoms with Gasteiger partial charge in [0.25, 0.3) is 0 Å². The summed E-state index contributed by atoms with van der Waals surface area (Å²) in [6.45, 7) is 7.10. The SMILES string of the molecule is C=C1OC(C)(C)OC1CO. The molecule has 1 rings (SSSR count). The van der Waals surface area contributed by atoms with E-state index in [4.69, 9.17) is 14.6 Å². The van der Waals surface area contributed by atoms with Crippen molar-refractivity contribution in [1.29, 1.82) is 0 Å². The molecular weight excluding hydrogens is 132 g/mol. The minimum absolute atomic E-state index is 0.0672. The fraction of sp³-hybridized carbons (Fsp3) is 0.714. The average Bonchev–Trinajstić information content (AvgIpc) is 2.05. The summed E-state index contributed by atoms with van der Waals surface area (Å²) < 4.78 is 10.4. The molecule has 10 heavy (non-hydrogen) atoms. The molecule has 1 unspecified atom stereocenters. The first-order chi connectivity index (χ1) is 4.55. The van der Waals surface area contributed by atoms with Gasteiger partial charge in [0, 0.05) is 13.8 Å². The molecule has 0 bridgehead atoms. The van der Waals surface area contributed by atoms with Crippen molar-refractivity contribution in [3.8, 4) is 0 Å². The van der Waals surface area contributed by atoms with Gasteiger partial charge in [-0.1, -0.05) is 6.58 Å². The van der Waals surface area contributed by atoms with Gasteiger partial charge in [-0.3, -0.25) is 0 Å². The van der Waals surface area contributed by atoms with Crippen molar-refractivity contribution in [1.82, 2.24) is 0 Å². The summed E-state index contributed by atoms with van der Waals surface area (Å²) in [5.74, 6) is -0.114. The maximum Gasteiger partial charge on any atom is 0.205 e. The molecule has 1 aliphatic rings. The van der Waals surface area contributed by atoms with Crippen LogP contribution >= 0.6 is 0 Å². The van der Waals surface area contributed by atoms with Crippen LogP contribution in [-0.2, 0) is 9.47 Å². The van der Waals surface area contributed by atoms with E-state index >= 15 is 0 Å². The molecule has 58 valence electrons. The average molecular weight is 144 g/mol. The van der Waals surface area contributed by atoms with Crippen LogP contribution in [0.2, 0.25) is 0 Å². The highest BCUT2D eigenvalue weighted by atomic mass is 16.7. The normalized spacial score (nSPS) is 30.3. The Morgan fingerprint density at radius 2 is 2.30 bits per heavy atom. The highest BCUT2D eigenvalue weighted by Gasteiger charge is 2.35. The topological polar surface area (TPSA) is 38.7 Å². The molecule has 0 aromatic heterocycles. The Balaban J connectivity index is 2.61. The molecule has 3 nitrogen and oxygen atoms in total. The summed E-state index contributed by atoms with van der Waals surface area (Å²) in [4.78, 5) is 0. The summed E-state index contributed by atoms with van der Waals surface area (Å²) in [7, 11) is 0. The monoisotopic (exact) mass is 144 g/mol. The fourth-order valence-corrected chi connectivity index (χ4v) is 0.953. The molecule has 1 saturated heterocycles. The predicted molar refractivity (Wildman–Crippen MR) is 36.3 cm³/mol. The lowest BCUT2D eigenvalue weighted by Crippen LogP contribution is -2.22. The van der Waals surface area contributed by atoms with Crippen molar-refractivity contribution >= 4 is 0 Å². The van der Waals surface area contributed by atoms with Crippen LogP contribution in [0, 0.1) is 0 Å². The summed E-state index contributed by atoms with van der Waals surface area (Å²) in [5.41, 5.74) is 0. The largest absolute Gasteiger partial charge is 0.465 e. The Hall–Kier alpha value is -0.540. The molecule has 1 aliphatic heterocycles. The van der Waals surface area contributed by atoms with E-state index in [1.807, 2.05) is 0 Å². The molecule has 1 N–H and O–H groups in total. The van der Waals surface area contributed by atoms with Gasteiger partial charge in [0.2, 0.25) is 5.79 Å². The van der Waals surface area contributed by atoms with Gasteiger partial charge in [-0.05, 0) is 0 Å². The van der Waals surface area contributed by atoms with Crippen LogP contribution in [0.1, 0.15) is 13.8 Å². The van der Waals surface area contributed by atoms with Gasteiger partial charge in [0.15, 0.2) is 0 Å². The summed E-state index contributed by atoms with van der Waals surface area (Å²) in [6, 6.07) is 0. The van der Waals surface area contributed by atoms with Crippen LogP contribution in [0.15, 0.2) is 12.3 Å². The van der Waals surface area contributed by atoms with E-state index in [9.17, 15) is 0 Å².